The van der Waals surface area contributed by atoms with Crippen LogP contribution in [0.3, 0.4) is 0 Å². The highest BCUT2D eigenvalue weighted by Crippen LogP contribution is 2.21. The van der Waals surface area contributed by atoms with Gasteiger partial charge in [0.05, 0.1) is 11.9 Å². The van der Waals surface area contributed by atoms with Gasteiger partial charge in [-0.05, 0) is 40.8 Å². The van der Waals surface area contributed by atoms with Gasteiger partial charge in [-0.2, -0.15) is 5.11 Å². The molecule has 0 aliphatic heterocycles. The highest BCUT2D eigenvalue weighted by molar-refractivity contribution is 14.1. The Hall–Kier alpha value is -1.30. The third-order valence-electron chi connectivity index (χ3n) is 1.78. The fourth-order valence-corrected chi connectivity index (χ4v) is 1.46. The molecule has 0 radical (unpaired) electrons. The van der Waals surface area contributed by atoms with Crippen molar-refractivity contribution in [3.05, 3.63) is 52.4 Å². The summed E-state index contributed by atoms with van der Waals surface area (Å²) in [5.41, 5.74) is 1.64. The van der Waals surface area contributed by atoms with E-state index in [9.17, 15) is 0 Å². The molecule has 3 nitrogen and oxygen atoms in total. The molecule has 1 aromatic carbocycles. The Bertz CT molecular complexity index is 468. The Morgan fingerprint density at radius 3 is 2.53 bits per heavy atom. The molecule has 0 saturated carbocycles. The van der Waals surface area contributed by atoms with E-state index in [4.69, 9.17) is 0 Å². The number of hydrogen-bond donors (Lipinski definition) is 0. The maximum atomic E-state index is 4.13. The number of hydrogen-bond acceptors (Lipinski definition) is 3. The second kappa shape index (κ2) is 4.97. The van der Waals surface area contributed by atoms with Crippen molar-refractivity contribution in [3.8, 4) is 0 Å². The summed E-state index contributed by atoms with van der Waals surface area (Å²) >= 11 is 2.21. The highest BCUT2D eigenvalue weighted by atomic mass is 127. The Kier molecular flexibility index (Phi) is 3.39. The summed E-state index contributed by atoms with van der Waals surface area (Å²) in [5.74, 6) is 0. The first-order chi connectivity index (χ1) is 7.36. The van der Waals surface area contributed by atoms with Gasteiger partial charge in [0.25, 0.3) is 0 Å². The van der Waals surface area contributed by atoms with E-state index in [0.29, 0.717) is 0 Å². The van der Waals surface area contributed by atoms with Crippen LogP contribution in [-0.2, 0) is 0 Å². The van der Waals surface area contributed by atoms with E-state index >= 15 is 0 Å². The number of nitrogens with zero attached hydrogens (tertiary/aromatic N) is 3. The van der Waals surface area contributed by atoms with Gasteiger partial charge in [-0.15, -0.1) is 5.11 Å². The second-order valence-electron chi connectivity index (χ2n) is 2.86. The molecule has 0 fully saturated rings. The zero-order chi connectivity index (χ0) is 10.5. The van der Waals surface area contributed by atoms with Crippen molar-refractivity contribution >= 4 is 34.0 Å². The largest absolute Gasteiger partial charge is 0.262 e. The summed E-state index contributed by atoms with van der Waals surface area (Å²) in [6, 6.07) is 11.5. The Labute approximate surface area is 101 Å². The van der Waals surface area contributed by atoms with Crippen LogP contribution in [-0.4, -0.2) is 4.98 Å². The summed E-state index contributed by atoms with van der Waals surface area (Å²) in [4.78, 5) is 4.00. The molecule has 0 spiro atoms. The SMILES string of the molecule is Ic1ccncc1N=Nc1ccccc1. The smallest absolute Gasteiger partial charge is 0.117 e. The van der Waals surface area contributed by atoms with E-state index < -0.39 is 0 Å². The first-order valence-corrected chi connectivity index (χ1v) is 5.50. The lowest BCUT2D eigenvalue weighted by Crippen LogP contribution is -1.74. The van der Waals surface area contributed by atoms with E-state index in [0.717, 1.165) is 14.9 Å². The molecule has 1 aromatic heterocycles. The number of aromatic nitrogens is 1. The van der Waals surface area contributed by atoms with Crippen LogP contribution in [0, 0.1) is 3.57 Å². The predicted octanol–water partition coefficient (Wildman–Crippen LogP) is 4.10. The monoisotopic (exact) mass is 309 g/mol. The van der Waals surface area contributed by atoms with Crippen molar-refractivity contribution in [1.82, 2.24) is 4.98 Å². The van der Waals surface area contributed by atoms with Gasteiger partial charge in [0.2, 0.25) is 0 Å². The lowest BCUT2D eigenvalue weighted by atomic mass is 10.3. The Balaban J connectivity index is 2.23. The predicted molar refractivity (Wildman–Crippen MR) is 67.6 cm³/mol. The standard InChI is InChI=1S/C11H8IN3/c12-10-6-7-13-8-11(10)15-14-9-4-2-1-3-5-9/h1-8H. The van der Waals surface area contributed by atoms with Gasteiger partial charge in [-0.25, -0.2) is 0 Å². The molecule has 0 aliphatic carbocycles. The average molecular weight is 309 g/mol. The molecule has 0 atom stereocenters. The number of pyridine rings is 1. The van der Waals surface area contributed by atoms with E-state index in [2.05, 4.69) is 37.8 Å². The second-order valence-corrected chi connectivity index (χ2v) is 4.02. The van der Waals surface area contributed by atoms with Crippen LogP contribution in [0.4, 0.5) is 11.4 Å². The zero-order valence-electron chi connectivity index (χ0n) is 7.84. The van der Waals surface area contributed by atoms with Crippen LogP contribution in [0.15, 0.2) is 59.0 Å². The van der Waals surface area contributed by atoms with Gasteiger partial charge in [0.15, 0.2) is 0 Å². The Morgan fingerprint density at radius 2 is 1.80 bits per heavy atom. The van der Waals surface area contributed by atoms with E-state index in [1.165, 1.54) is 0 Å². The lowest BCUT2D eigenvalue weighted by Gasteiger charge is -1.94. The average Bonchev–Trinajstić information content (AvgIpc) is 2.29. The number of benzene rings is 1. The van der Waals surface area contributed by atoms with Crippen molar-refractivity contribution in [2.45, 2.75) is 0 Å². The molecule has 0 unspecified atom stereocenters. The minimum atomic E-state index is 0.793. The van der Waals surface area contributed by atoms with Gasteiger partial charge >= 0.3 is 0 Å². The van der Waals surface area contributed by atoms with Gasteiger partial charge in [-0.1, -0.05) is 18.2 Å². The van der Waals surface area contributed by atoms with Crippen molar-refractivity contribution in [1.29, 1.82) is 0 Å². The topological polar surface area (TPSA) is 37.6 Å². The highest BCUT2D eigenvalue weighted by Gasteiger charge is 1.95. The minimum absolute atomic E-state index is 0.793. The Morgan fingerprint density at radius 1 is 1.00 bits per heavy atom. The third-order valence-corrected chi connectivity index (χ3v) is 2.69. The molecule has 2 rings (SSSR count). The molecule has 0 aliphatic rings. The fourth-order valence-electron chi connectivity index (χ4n) is 1.05. The van der Waals surface area contributed by atoms with Crippen LogP contribution in [0.5, 0.6) is 0 Å². The molecule has 0 N–H and O–H groups in total. The van der Waals surface area contributed by atoms with Crippen molar-refractivity contribution in [2.75, 3.05) is 0 Å². The van der Waals surface area contributed by atoms with Crippen molar-refractivity contribution in [3.63, 3.8) is 0 Å². The van der Waals surface area contributed by atoms with E-state index in [1.54, 1.807) is 12.4 Å². The summed E-state index contributed by atoms with van der Waals surface area (Å²) in [6.45, 7) is 0. The van der Waals surface area contributed by atoms with E-state index in [1.807, 2.05) is 36.4 Å². The molecular formula is C11H8IN3. The number of halogens is 1. The van der Waals surface area contributed by atoms with Crippen molar-refractivity contribution in [2.24, 2.45) is 10.2 Å². The van der Waals surface area contributed by atoms with Crippen LogP contribution in [0.1, 0.15) is 0 Å². The molecule has 74 valence electrons. The quantitative estimate of drug-likeness (QED) is 0.608. The van der Waals surface area contributed by atoms with Crippen LogP contribution in [0.2, 0.25) is 0 Å². The summed E-state index contributed by atoms with van der Waals surface area (Å²) in [5, 5.41) is 8.25. The summed E-state index contributed by atoms with van der Waals surface area (Å²) in [7, 11) is 0. The maximum absolute atomic E-state index is 4.13. The lowest BCUT2D eigenvalue weighted by molar-refractivity contribution is 1.19. The molecular weight excluding hydrogens is 301 g/mol. The zero-order valence-corrected chi connectivity index (χ0v) is 10.00. The summed E-state index contributed by atoms with van der Waals surface area (Å²) < 4.78 is 1.04. The number of rotatable bonds is 2. The van der Waals surface area contributed by atoms with E-state index in [-0.39, 0.29) is 0 Å². The third kappa shape index (κ3) is 2.82. The molecule has 0 amide bonds. The van der Waals surface area contributed by atoms with Crippen LogP contribution >= 0.6 is 22.6 Å². The van der Waals surface area contributed by atoms with Crippen molar-refractivity contribution < 1.29 is 0 Å². The minimum Gasteiger partial charge on any atom is -0.262 e. The molecule has 15 heavy (non-hydrogen) atoms. The van der Waals surface area contributed by atoms with Crippen LogP contribution < -0.4 is 0 Å². The molecule has 0 saturated heterocycles. The maximum Gasteiger partial charge on any atom is 0.117 e. The van der Waals surface area contributed by atoms with Crippen LogP contribution in [0.25, 0.3) is 0 Å². The molecule has 1 heterocycles. The van der Waals surface area contributed by atoms with Gasteiger partial charge in [-0.3, -0.25) is 4.98 Å². The first kappa shape index (κ1) is 10.2. The van der Waals surface area contributed by atoms with Gasteiger partial charge in [0, 0.05) is 9.77 Å². The number of azo groups is 1. The normalized spacial score (nSPS) is 10.7. The molecule has 0 bridgehead atoms. The summed E-state index contributed by atoms with van der Waals surface area (Å²) in [6.07, 6.45) is 3.44. The van der Waals surface area contributed by atoms with Gasteiger partial charge in [0.1, 0.15) is 5.69 Å². The fraction of sp³-hybridized carbons (Fsp3) is 0. The molecule has 4 heteroatoms. The molecule has 2 aromatic rings. The first-order valence-electron chi connectivity index (χ1n) is 4.42. The van der Waals surface area contributed by atoms with Gasteiger partial charge < -0.3 is 0 Å².